The first-order valence-corrected chi connectivity index (χ1v) is 7.80. The van der Waals surface area contributed by atoms with Crippen LogP contribution in [-0.2, 0) is 0 Å². The minimum Gasteiger partial charge on any atom is -0.382 e. The summed E-state index contributed by atoms with van der Waals surface area (Å²) in [6.07, 6.45) is 4.48. The number of carbonyl (C=O) groups is 1. The number of nitro benzene ring substituents is 1. The smallest absolute Gasteiger partial charge is 0.270 e. The minimum absolute atomic E-state index is 0.0683. The Morgan fingerprint density at radius 1 is 1.09 bits per heavy atom. The maximum absolute atomic E-state index is 12.8. The van der Waals surface area contributed by atoms with Crippen LogP contribution in [0.15, 0.2) is 48.5 Å². The van der Waals surface area contributed by atoms with Crippen molar-refractivity contribution in [3.8, 4) is 0 Å². The summed E-state index contributed by atoms with van der Waals surface area (Å²) in [5.74, 6) is -0.199. The lowest BCUT2D eigenvalue weighted by Crippen LogP contribution is -2.17. The summed E-state index contributed by atoms with van der Waals surface area (Å²) < 4.78 is 0. The summed E-state index contributed by atoms with van der Waals surface area (Å²) in [5.41, 5.74) is 1.50. The Morgan fingerprint density at radius 3 is 2.43 bits per heavy atom. The largest absolute Gasteiger partial charge is 0.382 e. The Morgan fingerprint density at radius 2 is 1.78 bits per heavy atom. The second-order valence-corrected chi connectivity index (χ2v) is 5.81. The number of rotatable bonds is 5. The SMILES string of the molecule is O=C(c1ccccc1)c1cc([N+](=O)[O-])ccc1NC1CCCC1. The van der Waals surface area contributed by atoms with E-state index in [2.05, 4.69) is 5.32 Å². The molecule has 1 fully saturated rings. The Kier molecular flexibility index (Phi) is 4.37. The summed E-state index contributed by atoms with van der Waals surface area (Å²) in [6.45, 7) is 0. The number of hydrogen-bond acceptors (Lipinski definition) is 4. The molecule has 0 radical (unpaired) electrons. The molecule has 0 atom stereocenters. The van der Waals surface area contributed by atoms with Gasteiger partial charge in [0.05, 0.1) is 10.5 Å². The molecule has 0 spiro atoms. The molecule has 1 aliphatic carbocycles. The van der Waals surface area contributed by atoms with Crippen molar-refractivity contribution in [2.24, 2.45) is 0 Å². The van der Waals surface area contributed by atoms with Gasteiger partial charge in [-0.2, -0.15) is 0 Å². The van der Waals surface area contributed by atoms with Gasteiger partial charge in [-0.1, -0.05) is 43.2 Å². The number of hydrogen-bond donors (Lipinski definition) is 1. The van der Waals surface area contributed by atoms with Crippen molar-refractivity contribution in [2.75, 3.05) is 5.32 Å². The van der Waals surface area contributed by atoms with E-state index in [1.54, 1.807) is 30.3 Å². The van der Waals surface area contributed by atoms with Gasteiger partial charge in [0.15, 0.2) is 5.78 Å². The van der Waals surface area contributed by atoms with Crippen LogP contribution < -0.4 is 5.32 Å². The summed E-state index contributed by atoms with van der Waals surface area (Å²) in [5, 5.41) is 14.4. The molecule has 1 saturated carbocycles. The van der Waals surface area contributed by atoms with Crippen LogP contribution in [0.3, 0.4) is 0 Å². The molecule has 0 amide bonds. The van der Waals surface area contributed by atoms with E-state index in [0.717, 1.165) is 12.8 Å². The van der Waals surface area contributed by atoms with Gasteiger partial charge in [-0.15, -0.1) is 0 Å². The van der Waals surface area contributed by atoms with Crippen LogP contribution in [0.4, 0.5) is 11.4 Å². The summed E-state index contributed by atoms with van der Waals surface area (Å²) in [6, 6.07) is 13.6. The van der Waals surface area contributed by atoms with Gasteiger partial charge in [0.1, 0.15) is 0 Å². The lowest BCUT2D eigenvalue weighted by molar-refractivity contribution is -0.384. The van der Waals surface area contributed by atoms with E-state index in [9.17, 15) is 14.9 Å². The maximum atomic E-state index is 12.8. The molecule has 23 heavy (non-hydrogen) atoms. The van der Waals surface area contributed by atoms with E-state index in [0.29, 0.717) is 22.9 Å². The Balaban J connectivity index is 1.98. The van der Waals surface area contributed by atoms with Gasteiger partial charge in [0.25, 0.3) is 5.69 Å². The lowest BCUT2D eigenvalue weighted by Gasteiger charge is -2.16. The van der Waals surface area contributed by atoms with Crippen molar-refractivity contribution < 1.29 is 9.72 Å². The van der Waals surface area contributed by atoms with E-state index < -0.39 is 4.92 Å². The molecule has 2 aromatic carbocycles. The molecule has 5 heteroatoms. The van der Waals surface area contributed by atoms with Crippen molar-refractivity contribution >= 4 is 17.2 Å². The fraction of sp³-hybridized carbons (Fsp3) is 0.278. The molecule has 1 N–H and O–H groups in total. The first kappa shape index (κ1) is 15.2. The Hall–Kier alpha value is -2.69. The van der Waals surface area contributed by atoms with Crippen LogP contribution >= 0.6 is 0 Å². The normalized spacial score (nSPS) is 14.6. The molecule has 0 aliphatic heterocycles. The van der Waals surface area contributed by atoms with E-state index in [-0.39, 0.29) is 11.5 Å². The van der Waals surface area contributed by atoms with Gasteiger partial charge in [-0.25, -0.2) is 0 Å². The monoisotopic (exact) mass is 310 g/mol. The highest BCUT2D eigenvalue weighted by molar-refractivity contribution is 6.12. The second-order valence-electron chi connectivity index (χ2n) is 5.81. The fourth-order valence-electron chi connectivity index (χ4n) is 2.99. The number of carbonyl (C=O) groups excluding carboxylic acids is 1. The Labute approximate surface area is 134 Å². The van der Waals surface area contributed by atoms with E-state index in [4.69, 9.17) is 0 Å². The molecule has 0 bridgehead atoms. The Bertz CT molecular complexity index is 722. The summed E-state index contributed by atoms with van der Waals surface area (Å²) in [7, 11) is 0. The minimum atomic E-state index is -0.471. The summed E-state index contributed by atoms with van der Waals surface area (Å²) >= 11 is 0. The van der Waals surface area contributed by atoms with Crippen molar-refractivity contribution in [2.45, 2.75) is 31.7 Å². The quantitative estimate of drug-likeness (QED) is 0.511. The molecular formula is C18H18N2O3. The topological polar surface area (TPSA) is 72.2 Å². The predicted octanol–water partition coefficient (Wildman–Crippen LogP) is 4.18. The molecule has 118 valence electrons. The molecule has 0 unspecified atom stereocenters. The average Bonchev–Trinajstić information content (AvgIpc) is 3.08. The van der Waals surface area contributed by atoms with Crippen molar-refractivity contribution in [3.63, 3.8) is 0 Å². The molecular weight excluding hydrogens is 292 g/mol. The second kappa shape index (κ2) is 6.60. The molecule has 1 aliphatic rings. The standard InChI is InChI=1S/C18H18N2O3/c21-18(13-6-2-1-3-7-13)16-12-15(20(22)23)10-11-17(16)19-14-8-4-5-9-14/h1-3,6-7,10-12,14,19H,4-5,8-9H2. The number of nitrogens with zero attached hydrogens (tertiary/aromatic N) is 1. The molecule has 0 aromatic heterocycles. The number of ketones is 1. The fourth-order valence-corrected chi connectivity index (χ4v) is 2.99. The lowest BCUT2D eigenvalue weighted by atomic mass is 10.0. The number of anilines is 1. The average molecular weight is 310 g/mol. The zero-order valence-electron chi connectivity index (χ0n) is 12.7. The van der Waals surface area contributed by atoms with E-state index in [1.807, 2.05) is 6.07 Å². The highest BCUT2D eigenvalue weighted by Gasteiger charge is 2.21. The van der Waals surface area contributed by atoms with Crippen LogP contribution in [0.1, 0.15) is 41.6 Å². The van der Waals surface area contributed by atoms with Crippen molar-refractivity contribution in [3.05, 3.63) is 69.8 Å². The summed E-state index contributed by atoms with van der Waals surface area (Å²) in [4.78, 5) is 23.3. The zero-order chi connectivity index (χ0) is 16.2. The third-order valence-corrected chi connectivity index (χ3v) is 4.21. The molecule has 2 aromatic rings. The molecule has 0 heterocycles. The highest BCUT2D eigenvalue weighted by Crippen LogP contribution is 2.28. The van der Waals surface area contributed by atoms with Gasteiger partial charge in [0, 0.05) is 29.4 Å². The van der Waals surface area contributed by atoms with Crippen LogP contribution in [0, 0.1) is 10.1 Å². The third-order valence-electron chi connectivity index (χ3n) is 4.21. The first-order valence-electron chi connectivity index (χ1n) is 7.80. The first-order chi connectivity index (χ1) is 11.1. The molecule has 0 saturated heterocycles. The highest BCUT2D eigenvalue weighted by atomic mass is 16.6. The maximum Gasteiger partial charge on any atom is 0.270 e. The van der Waals surface area contributed by atoms with Crippen LogP contribution in [0.25, 0.3) is 0 Å². The van der Waals surface area contributed by atoms with Gasteiger partial charge < -0.3 is 5.32 Å². The van der Waals surface area contributed by atoms with Crippen molar-refractivity contribution in [1.29, 1.82) is 0 Å². The van der Waals surface area contributed by atoms with Gasteiger partial charge in [0.2, 0.25) is 0 Å². The van der Waals surface area contributed by atoms with Gasteiger partial charge >= 0.3 is 0 Å². The van der Waals surface area contributed by atoms with Gasteiger partial charge in [-0.05, 0) is 18.9 Å². The number of nitrogens with one attached hydrogen (secondary N) is 1. The van der Waals surface area contributed by atoms with Crippen LogP contribution in [0.5, 0.6) is 0 Å². The third kappa shape index (κ3) is 3.39. The molecule has 3 rings (SSSR count). The van der Waals surface area contributed by atoms with Crippen LogP contribution in [-0.4, -0.2) is 16.7 Å². The number of benzene rings is 2. The zero-order valence-corrected chi connectivity index (χ0v) is 12.7. The van der Waals surface area contributed by atoms with E-state index in [1.165, 1.54) is 25.0 Å². The number of non-ortho nitro benzene ring substituents is 1. The number of nitro groups is 1. The molecule has 5 nitrogen and oxygen atoms in total. The van der Waals surface area contributed by atoms with Crippen molar-refractivity contribution in [1.82, 2.24) is 0 Å². The van der Waals surface area contributed by atoms with Gasteiger partial charge in [-0.3, -0.25) is 14.9 Å². The predicted molar refractivity (Wildman–Crippen MR) is 88.8 cm³/mol. The van der Waals surface area contributed by atoms with Crippen LogP contribution in [0.2, 0.25) is 0 Å². The van der Waals surface area contributed by atoms with E-state index >= 15 is 0 Å².